The Labute approximate surface area is 189 Å². The molecule has 32 heavy (non-hydrogen) atoms. The van der Waals surface area contributed by atoms with Crippen LogP contribution in [-0.2, 0) is 25.2 Å². The molecule has 2 aromatic carbocycles. The molecule has 2 aromatic rings. The summed E-state index contributed by atoms with van der Waals surface area (Å²) in [7, 11) is -1.85. The molecule has 0 saturated heterocycles. The summed E-state index contributed by atoms with van der Waals surface area (Å²) < 4.78 is 26.8. The van der Waals surface area contributed by atoms with E-state index >= 15 is 0 Å². The van der Waals surface area contributed by atoms with Crippen LogP contribution < -0.4 is 15.5 Å². The van der Waals surface area contributed by atoms with E-state index in [1.807, 2.05) is 19.1 Å². The van der Waals surface area contributed by atoms with E-state index in [-0.39, 0.29) is 5.69 Å². The highest BCUT2D eigenvalue weighted by Crippen LogP contribution is 2.19. The Hall–Kier alpha value is -3.07. The van der Waals surface area contributed by atoms with Crippen LogP contribution in [0.25, 0.3) is 0 Å². The molecule has 0 aliphatic rings. The van der Waals surface area contributed by atoms with Gasteiger partial charge in [0.15, 0.2) is 0 Å². The van der Waals surface area contributed by atoms with E-state index in [1.54, 1.807) is 32.9 Å². The first-order valence-corrected chi connectivity index (χ1v) is 11.5. The number of rotatable bonds is 8. The summed E-state index contributed by atoms with van der Waals surface area (Å²) in [4.78, 5) is 38.3. The molecule has 7 nitrogen and oxygen atoms in total. The predicted octanol–water partition coefficient (Wildman–Crippen LogP) is 2.77. The number of anilines is 2. The first-order valence-electron chi connectivity index (χ1n) is 10.0. The minimum absolute atomic E-state index is 0.0948. The summed E-state index contributed by atoms with van der Waals surface area (Å²) in [5.41, 5.74) is 0.942. The number of para-hydroxylation sites is 1. The third-order valence-corrected chi connectivity index (χ3v) is 5.33. The van der Waals surface area contributed by atoms with E-state index in [1.165, 1.54) is 24.3 Å². The van der Waals surface area contributed by atoms with Crippen molar-refractivity contribution in [3.8, 4) is 0 Å². The summed E-state index contributed by atoms with van der Waals surface area (Å²) in [5.74, 6) is -3.34. The van der Waals surface area contributed by atoms with Gasteiger partial charge in [-0.15, -0.1) is 0 Å². The average Bonchev–Trinajstić information content (AvgIpc) is 2.67. The molecule has 2 rings (SSSR count). The van der Waals surface area contributed by atoms with Crippen molar-refractivity contribution in [2.24, 2.45) is 0 Å². The molecule has 0 bridgehead atoms. The maximum Gasteiger partial charge on any atom is 0.240 e. The fraction of sp³-hybridized carbons (Fsp3) is 0.348. The van der Waals surface area contributed by atoms with Crippen LogP contribution in [0, 0.1) is 12.7 Å². The molecule has 9 heteroatoms. The van der Waals surface area contributed by atoms with Gasteiger partial charge in [-0.25, -0.2) is 4.39 Å². The van der Waals surface area contributed by atoms with Crippen LogP contribution in [0.4, 0.5) is 15.8 Å². The van der Waals surface area contributed by atoms with E-state index in [0.717, 1.165) is 10.5 Å². The molecule has 0 aliphatic carbocycles. The van der Waals surface area contributed by atoms with E-state index in [4.69, 9.17) is 0 Å². The Morgan fingerprint density at radius 1 is 0.969 bits per heavy atom. The summed E-state index contributed by atoms with van der Waals surface area (Å²) >= 11 is 0. The van der Waals surface area contributed by atoms with Gasteiger partial charge in [-0.3, -0.25) is 23.5 Å². The average molecular weight is 462 g/mol. The second kappa shape index (κ2) is 11.0. The quantitative estimate of drug-likeness (QED) is 0.632. The lowest BCUT2D eigenvalue weighted by atomic mass is 10.1. The lowest BCUT2D eigenvalue weighted by Gasteiger charge is -2.26. The first-order chi connectivity index (χ1) is 14.9. The molecule has 0 radical (unpaired) electrons. The molecule has 3 amide bonds. The Balaban J connectivity index is 2.07. The number of nitrogens with zero attached hydrogens (tertiary/aromatic N) is 1. The third-order valence-electron chi connectivity index (χ3n) is 4.17. The second-order valence-corrected chi connectivity index (χ2v) is 9.83. The summed E-state index contributed by atoms with van der Waals surface area (Å²) in [6.07, 6.45) is 0. The number of nitrogens with one attached hydrogen (secondary N) is 2. The molecule has 0 spiro atoms. The zero-order chi connectivity index (χ0) is 23.9. The Morgan fingerprint density at radius 2 is 1.59 bits per heavy atom. The van der Waals surface area contributed by atoms with Crippen LogP contribution in [0.3, 0.4) is 0 Å². The number of aryl methyl sites for hydroxylation is 1. The molecule has 0 fully saturated rings. The number of benzene rings is 2. The topological polar surface area (TPSA) is 95.6 Å². The largest absolute Gasteiger partial charge is 0.350 e. The highest BCUT2D eigenvalue weighted by atomic mass is 32.2. The molecule has 0 unspecified atom stereocenters. The lowest BCUT2D eigenvalue weighted by molar-refractivity contribution is -0.124. The number of halogens is 1. The van der Waals surface area contributed by atoms with Crippen molar-refractivity contribution in [3.05, 3.63) is 59.9 Å². The van der Waals surface area contributed by atoms with Crippen molar-refractivity contribution in [1.29, 1.82) is 0 Å². The summed E-state index contributed by atoms with van der Waals surface area (Å²) in [6, 6.07) is 12.6. The van der Waals surface area contributed by atoms with Gasteiger partial charge in [0.05, 0.1) is 5.69 Å². The van der Waals surface area contributed by atoms with Gasteiger partial charge in [-0.2, -0.15) is 0 Å². The van der Waals surface area contributed by atoms with E-state index in [9.17, 15) is 23.0 Å². The Morgan fingerprint density at radius 3 is 2.19 bits per heavy atom. The Kier molecular flexibility index (Phi) is 8.65. The molecule has 0 heterocycles. The van der Waals surface area contributed by atoms with Gasteiger partial charge in [-0.1, -0.05) is 29.8 Å². The maximum absolute atomic E-state index is 14.3. The van der Waals surface area contributed by atoms with E-state index < -0.39 is 57.9 Å². The van der Waals surface area contributed by atoms with Crippen molar-refractivity contribution < 1.29 is 23.0 Å². The number of amides is 3. The van der Waals surface area contributed by atoms with Gasteiger partial charge >= 0.3 is 0 Å². The molecule has 1 atom stereocenters. The van der Waals surface area contributed by atoms with Gasteiger partial charge in [0.2, 0.25) is 17.7 Å². The monoisotopic (exact) mass is 461 g/mol. The van der Waals surface area contributed by atoms with Crippen LogP contribution in [0.2, 0.25) is 0 Å². The minimum Gasteiger partial charge on any atom is -0.350 e. The number of carbonyl (C=O) groups is 3. The van der Waals surface area contributed by atoms with Gasteiger partial charge in [0.25, 0.3) is 0 Å². The van der Waals surface area contributed by atoms with Crippen molar-refractivity contribution >= 4 is 39.9 Å². The highest BCUT2D eigenvalue weighted by Gasteiger charge is 2.25. The molecule has 172 valence electrons. The van der Waals surface area contributed by atoms with Gasteiger partial charge in [-0.05, 0) is 52.0 Å². The molecule has 2 N–H and O–H groups in total. The van der Waals surface area contributed by atoms with Gasteiger partial charge in [0, 0.05) is 22.0 Å². The lowest BCUT2D eigenvalue weighted by Crippen LogP contribution is -2.48. The summed E-state index contributed by atoms with van der Waals surface area (Å²) in [5, 5.41) is 5.34. The van der Waals surface area contributed by atoms with Crippen LogP contribution in [0.15, 0.2) is 48.5 Å². The SMILES string of the molecule is Cc1ccc(NC(=O)C[S@@](=O)CC(=O)N(CC(=O)NC(C)(C)C)c2ccccc2F)cc1. The van der Waals surface area contributed by atoms with Crippen LogP contribution in [-0.4, -0.2) is 45.5 Å². The smallest absolute Gasteiger partial charge is 0.240 e. The standard InChI is InChI=1S/C23H28FN3O4S/c1-16-9-11-17(12-10-16)25-21(29)14-32(31)15-22(30)27(13-20(28)26-23(2,3)4)19-8-6-5-7-18(19)24/h5-12H,13-15H2,1-4H3,(H,25,29)(H,26,28)/t32-/m1/s1. The third kappa shape index (κ3) is 8.22. The van der Waals surface area contributed by atoms with Crippen molar-refractivity contribution in [3.63, 3.8) is 0 Å². The predicted molar refractivity (Wildman–Crippen MR) is 124 cm³/mol. The minimum atomic E-state index is -1.85. The van der Waals surface area contributed by atoms with E-state index in [0.29, 0.717) is 5.69 Å². The first kappa shape index (κ1) is 25.2. The zero-order valence-electron chi connectivity index (χ0n) is 18.6. The van der Waals surface area contributed by atoms with Crippen LogP contribution >= 0.6 is 0 Å². The normalized spacial score (nSPS) is 12.0. The number of hydrogen-bond acceptors (Lipinski definition) is 4. The molecular weight excluding hydrogens is 433 g/mol. The van der Waals surface area contributed by atoms with Crippen LogP contribution in [0.1, 0.15) is 26.3 Å². The maximum atomic E-state index is 14.3. The second-order valence-electron chi connectivity index (χ2n) is 8.37. The Bertz CT molecular complexity index is 1000. The van der Waals surface area contributed by atoms with Crippen LogP contribution in [0.5, 0.6) is 0 Å². The zero-order valence-corrected chi connectivity index (χ0v) is 19.4. The number of hydrogen-bond donors (Lipinski definition) is 2. The molecule has 0 aliphatic heterocycles. The van der Waals surface area contributed by atoms with Crippen molar-refractivity contribution in [1.82, 2.24) is 5.32 Å². The fourth-order valence-corrected chi connectivity index (χ4v) is 3.72. The fourth-order valence-electron chi connectivity index (χ4n) is 2.83. The molecule has 0 aromatic heterocycles. The highest BCUT2D eigenvalue weighted by molar-refractivity contribution is 7.86. The molecular formula is C23H28FN3O4S. The van der Waals surface area contributed by atoms with E-state index in [2.05, 4.69) is 10.6 Å². The van der Waals surface area contributed by atoms with Crippen molar-refractivity contribution in [2.45, 2.75) is 33.2 Å². The number of carbonyl (C=O) groups excluding carboxylic acids is 3. The van der Waals surface area contributed by atoms with Crippen molar-refractivity contribution in [2.75, 3.05) is 28.3 Å². The van der Waals surface area contributed by atoms with Gasteiger partial charge < -0.3 is 10.6 Å². The summed E-state index contributed by atoms with van der Waals surface area (Å²) in [6.45, 7) is 6.81. The van der Waals surface area contributed by atoms with Gasteiger partial charge in [0.1, 0.15) is 23.9 Å². The molecule has 0 saturated carbocycles.